The summed E-state index contributed by atoms with van der Waals surface area (Å²) in [6, 6.07) is 5.32. The summed E-state index contributed by atoms with van der Waals surface area (Å²) in [6.07, 6.45) is 0. The zero-order valence-electron chi connectivity index (χ0n) is 18.6. The topological polar surface area (TPSA) is 99.0 Å². The van der Waals surface area contributed by atoms with Gasteiger partial charge in [0, 0.05) is 69.9 Å². The van der Waals surface area contributed by atoms with Crippen LogP contribution in [0.1, 0.15) is 45.0 Å². The fourth-order valence-electron chi connectivity index (χ4n) is 3.85. The second kappa shape index (κ2) is 10.4. The standard InChI is InChI=1S/C21H33N5O4/c1-15(2)25(16(3)4)9-8-22-21(28)18-6-7-19(20(14-18)26(29)30)24-12-10-23(11-13-24)17(5)27/h6-7,14-16H,8-13H2,1-5H3,(H,22,28). The lowest BCUT2D eigenvalue weighted by molar-refractivity contribution is -0.384. The van der Waals surface area contributed by atoms with Gasteiger partial charge in [0.1, 0.15) is 5.69 Å². The van der Waals surface area contributed by atoms with Crippen molar-refractivity contribution in [1.82, 2.24) is 15.1 Å². The normalized spacial score (nSPS) is 14.5. The average Bonchev–Trinajstić information content (AvgIpc) is 2.70. The van der Waals surface area contributed by atoms with Crippen LogP contribution in [-0.4, -0.2) is 77.9 Å². The lowest BCUT2D eigenvalue weighted by atomic mass is 10.1. The maximum Gasteiger partial charge on any atom is 0.293 e. The van der Waals surface area contributed by atoms with Crippen LogP contribution in [0.25, 0.3) is 0 Å². The van der Waals surface area contributed by atoms with Gasteiger partial charge < -0.3 is 15.1 Å². The second-order valence-corrected chi connectivity index (χ2v) is 8.13. The van der Waals surface area contributed by atoms with Gasteiger partial charge in [-0.3, -0.25) is 24.6 Å². The molecule has 0 saturated carbocycles. The predicted octanol–water partition coefficient (Wildman–Crippen LogP) is 2.11. The smallest absolute Gasteiger partial charge is 0.293 e. The van der Waals surface area contributed by atoms with Crippen LogP contribution in [0.15, 0.2) is 18.2 Å². The summed E-state index contributed by atoms with van der Waals surface area (Å²) in [6.45, 7) is 13.2. The van der Waals surface area contributed by atoms with Gasteiger partial charge in [-0.05, 0) is 39.8 Å². The van der Waals surface area contributed by atoms with E-state index >= 15 is 0 Å². The maximum atomic E-state index is 12.5. The van der Waals surface area contributed by atoms with Crippen LogP contribution in [0.3, 0.4) is 0 Å². The predicted molar refractivity (Wildman–Crippen MR) is 117 cm³/mol. The fourth-order valence-corrected chi connectivity index (χ4v) is 3.85. The summed E-state index contributed by atoms with van der Waals surface area (Å²) in [5.74, 6) is -0.317. The molecule has 1 fully saturated rings. The number of carbonyl (C=O) groups is 2. The molecule has 2 amide bonds. The van der Waals surface area contributed by atoms with Gasteiger partial charge in [0.2, 0.25) is 5.91 Å². The zero-order valence-corrected chi connectivity index (χ0v) is 18.6. The first-order valence-corrected chi connectivity index (χ1v) is 10.4. The molecule has 166 valence electrons. The van der Waals surface area contributed by atoms with Gasteiger partial charge in [0.15, 0.2) is 0 Å². The number of nitrogens with zero attached hydrogens (tertiary/aromatic N) is 4. The van der Waals surface area contributed by atoms with Crippen molar-refractivity contribution in [2.45, 2.75) is 46.7 Å². The van der Waals surface area contributed by atoms with Gasteiger partial charge in [-0.1, -0.05) is 0 Å². The largest absolute Gasteiger partial charge is 0.362 e. The Morgan fingerprint density at radius 1 is 1.13 bits per heavy atom. The Bertz CT molecular complexity index is 765. The number of benzene rings is 1. The summed E-state index contributed by atoms with van der Waals surface area (Å²) in [4.78, 5) is 41.1. The molecule has 1 heterocycles. The maximum absolute atomic E-state index is 12.5. The molecule has 0 aliphatic carbocycles. The SMILES string of the molecule is CC(=O)N1CCN(c2ccc(C(=O)NCCN(C(C)C)C(C)C)cc2[N+](=O)[O-])CC1. The number of carbonyl (C=O) groups excluding carboxylic acids is 2. The van der Waals surface area contributed by atoms with E-state index < -0.39 is 4.92 Å². The first-order chi connectivity index (χ1) is 14.1. The number of nitrogens with one attached hydrogen (secondary N) is 1. The molecule has 0 atom stereocenters. The summed E-state index contributed by atoms with van der Waals surface area (Å²) in [5.41, 5.74) is 0.656. The lowest BCUT2D eigenvalue weighted by Gasteiger charge is -2.35. The monoisotopic (exact) mass is 419 g/mol. The third kappa shape index (κ3) is 5.91. The van der Waals surface area contributed by atoms with Crippen LogP contribution in [0.5, 0.6) is 0 Å². The molecule has 1 aliphatic rings. The molecule has 9 nitrogen and oxygen atoms in total. The molecule has 0 spiro atoms. The molecule has 0 radical (unpaired) electrons. The third-order valence-corrected chi connectivity index (χ3v) is 5.48. The van der Waals surface area contributed by atoms with Crippen molar-refractivity contribution in [3.05, 3.63) is 33.9 Å². The Balaban J connectivity index is 2.06. The van der Waals surface area contributed by atoms with Gasteiger partial charge in [-0.2, -0.15) is 0 Å². The molecular formula is C21H33N5O4. The summed E-state index contributed by atoms with van der Waals surface area (Å²) in [5, 5.41) is 14.5. The van der Waals surface area contributed by atoms with Crippen LogP contribution in [0.2, 0.25) is 0 Å². The molecule has 0 unspecified atom stereocenters. The number of rotatable bonds is 8. The molecule has 0 bridgehead atoms. The van der Waals surface area contributed by atoms with Crippen LogP contribution < -0.4 is 10.2 Å². The Kier molecular flexibility index (Phi) is 8.16. The van der Waals surface area contributed by atoms with Crippen molar-refractivity contribution >= 4 is 23.2 Å². The fraction of sp³-hybridized carbons (Fsp3) is 0.619. The molecular weight excluding hydrogens is 386 g/mol. The van der Waals surface area contributed by atoms with Gasteiger partial charge >= 0.3 is 0 Å². The van der Waals surface area contributed by atoms with E-state index in [9.17, 15) is 19.7 Å². The quantitative estimate of drug-likeness (QED) is 0.512. The highest BCUT2D eigenvalue weighted by Crippen LogP contribution is 2.30. The lowest BCUT2D eigenvalue weighted by Crippen LogP contribution is -2.48. The van der Waals surface area contributed by atoms with Crippen LogP contribution in [-0.2, 0) is 4.79 Å². The van der Waals surface area contributed by atoms with Crippen LogP contribution in [0.4, 0.5) is 11.4 Å². The highest BCUT2D eigenvalue weighted by molar-refractivity contribution is 5.95. The van der Waals surface area contributed by atoms with Crippen molar-refractivity contribution in [3.8, 4) is 0 Å². The molecule has 0 aromatic heterocycles. The number of amides is 2. The minimum atomic E-state index is -0.456. The number of nitro benzene ring substituents is 1. The summed E-state index contributed by atoms with van der Waals surface area (Å²) in [7, 11) is 0. The van der Waals surface area contributed by atoms with E-state index in [0.29, 0.717) is 57.0 Å². The second-order valence-electron chi connectivity index (χ2n) is 8.13. The van der Waals surface area contributed by atoms with Crippen molar-refractivity contribution in [2.75, 3.05) is 44.2 Å². The highest BCUT2D eigenvalue weighted by atomic mass is 16.6. The number of anilines is 1. The molecule has 1 aromatic carbocycles. The highest BCUT2D eigenvalue weighted by Gasteiger charge is 2.26. The van der Waals surface area contributed by atoms with Gasteiger partial charge in [0.25, 0.3) is 11.6 Å². The zero-order chi connectivity index (χ0) is 22.4. The number of nitro groups is 1. The summed E-state index contributed by atoms with van der Waals surface area (Å²) >= 11 is 0. The van der Waals surface area contributed by atoms with Crippen molar-refractivity contribution in [3.63, 3.8) is 0 Å². The van der Waals surface area contributed by atoms with Crippen LogP contribution >= 0.6 is 0 Å². The molecule has 1 saturated heterocycles. The minimum Gasteiger partial charge on any atom is -0.362 e. The third-order valence-electron chi connectivity index (χ3n) is 5.48. The van der Waals surface area contributed by atoms with E-state index in [0.717, 1.165) is 0 Å². The first kappa shape index (κ1) is 23.6. The van der Waals surface area contributed by atoms with Crippen molar-refractivity contribution in [1.29, 1.82) is 0 Å². The van der Waals surface area contributed by atoms with E-state index in [2.05, 4.69) is 37.9 Å². The van der Waals surface area contributed by atoms with E-state index in [1.54, 1.807) is 17.0 Å². The number of piperazine rings is 1. The molecule has 1 N–H and O–H groups in total. The molecule has 9 heteroatoms. The van der Waals surface area contributed by atoms with Crippen molar-refractivity contribution < 1.29 is 14.5 Å². The van der Waals surface area contributed by atoms with Gasteiger partial charge in [-0.15, -0.1) is 0 Å². The van der Waals surface area contributed by atoms with Crippen molar-refractivity contribution in [2.24, 2.45) is 0 Å². The molecule has 1 aromatic rings. The van der Waals surface area contributed by atoms with E-state index in [1.165, 1.54) is 13.0 Å². The Labute approximate surface area is 178 Å². The Morgan fingerprint density at radius 2 is 1.73 bits per heavy atom. The molecule has 2 rings (SSSR count). The molecule has 30 heavy (non-hydrogen) atoms. The Morgan fingerprint density at radius 3 is 2.23 bits per heavy atom. The molecule has 1 aliphatic heterocycles. The number of hydrogen-bond donors (Lipinski definition) is 1. The van der Waals surface area contributed by atoms with E-state index in [4.69, 9.17) is 0 Å². The van der Waals surface area contributed by atoms with E-state index in [-0.39, 0.29) is 23.1 Å². The average molecular weight is 420 g/mol. The Hall–Kier alpha value is -2.68. The van der Waals surface area contributed by atoms with E-state index in [1.807, 2.05) is 4.90 Å². The van der Waals surface area contributed by atoms with Gasteiger partial charge in [0.05, 0.1) is 4.92 Å². The minimum absolute atomic E-state index is 0.00432. The summed E-state index contributed by atoms with van der Waals surface area (Å²) < 4.78 is 0. The van der Waals surface area contributed by atoms with Gasteiger partial charge in [-0.25, -0.2) is 0 Å². The first-order valence-electron chi connectivity index (χ1n) is 10.4. The number of hydrogen-bond acceptors (Lipinski definition) is 6. The van der Waals surface area contributed by atoms with Crippen LogP contribution in [0, 0.1) is 10.1 Å².